The van der Waals surface area contributed by atoms with E-state index < -0.39 is 34.2 Å². The first-order chi connectivity index (χ1) is 9.39. The van der Waals surface area contributed by atoms with E-state index in [0.717, 1.165) is 25.1 Å². The number of hydrogen-bond donors (Lipinski definition) is 1. The molecule has 0 spiro atoms. The minimum absolute atomic E-state index is 0. The maximum atomic E-state index is 9.00. The number of rotatable bonds is 11. The van der Waals surface area contributed by atoms with Crippen molar-refractivity contribution in [1.82, 2.24) is 0 Å². The molecule has 0 radical (unpaired) electrons. The topological polar surface area (TPSA) is 47.9 Å². The Bertz CT molecular complexity index is 298. The summed E-state index contributed by atoms with van der Waals surface area (Å²) >= 11 is 0. The van der Waals surface area contributed by atoms with Gasteiger partial charge < -0.3 is 17.8 Å². The maximum Gasteiger partial charge on any atom is 0.322 e. The fourth-order valence-electron chi connectivity index (χ4n) is 2.25. The molecule has 0 amide bonds. The van der Waals surface area contributed by atoms with Gasteiger partial charge in [-0.05, 0) is 58.2 Å². The van der Waals surface area contributed by atoms with Gasteiger partial charge in [0.05, 0.1) is 8.80 Å². The number of unbranched alkanes of at least 4 members (excludes halogenated alkanes) is 1. The molecule has 0 aliphatic heterocycles. The van der Waals surface area contributed by atoms with Crippen molar-refractivity contribution in [2.75, 3.05) is 12.8 Å². The molecular weight excluding hydrogens is 405 g/mol. The molecular formula is C19H60O4Si4. The Kier molecular flexibility index (Phi) is 34.1. The van der Waals surface area contributed by atoms with Gasteiger partial charge in [0.1, 0.15) is 0 Å². The first-order valence-electron chi connectivity index (χ1n) is 8.04. The monoisotopic (exact) mass is 464 g/mol. The van der Waals surface area contributed by atoms with Crippen molar-refractivity contribution in [2.24, 2.45) is 0 Å². The van der Waals surface area contributed by atoms with Gasteiger partial charge in [-0.1, -0.05) is 57.7 Å². The molecule has 1 N–H and O–H groups in total. The first kappa shape index (κ1) is 46.1. The van der Waals surface area contributed by atoms with E-state index in [9.17, 15) is 0 Å². The molecule has 8 heteroatoms. The predicted molar refractivity (Wildman–Crippen MR) is 141 cm³/mol. The summed E-state index contributed by atoms with van der Waals surface area (Å²) in [5, 5.41) is 9.00. The molecule has 0 saturated carbocycles. The Hall–Kier alpha value is 0.708. The highest BCUT2D eigenvalue weighted by atomic mass is 28.5. The lowest BCUT2D eigenvalue weighted by Crippen LogP contribution is -2.54. The molecule has 176 valence electrons. The summed E-state index contributed by atoms with van der Waals surface area (Å²) in [5.74, 6) is 0. The van der Waals surface area contributed by atoms with Gasteiger partial charge in [0.15, 0.2) is 8.32 Å². The second kappa shape index (κ2) is 20.0. The maximum absolute atomic E-state index is 9.00. The normalized spacial score (nSPS) is 12.7. The highest BCUT2D eigenvalue weighted by molar-refractivity contribution is 6.86. The molecule has 1 atom stereocenters. The van der Waals surface area contributed by atoms with E-state index in [2.05, 4.69) is 52.4 Å². The van der Waals surface area contributed by atoms with Gasteiger partial charge in [0, 0.05) is 12.8 Å². The molecule has 0 bridgehead atoms. The molecule has 4 nitrogen and oxygen atoms in total. The third-order valence-corrected chi connectivity index (χ3v) is 13.9. The van der Waals surface area contributed by atoms with Crippen LogP contribution in [-0.2, 0) is 12.7 Å². The van der Waals surface area contributed by atoms with Gasteiger partial charge in [-0.15, -0.1) is 0 Å². The number of hydrogen-bond acceptors (Lipinski definition) is 4. The van der Waals surface area contributed by atoms with E-state index in [1.807, 2.05) is 0 Å². The predicted octanol–water partition coefficient (Wildman–Crippen LogP) is 7.26. The zero-order valence-corrected chi connectivity index (χ0v) is 19.4. The lowest BCUT2D eigenvalue weighted by Gasteiger charge is -2.39. The van der Waals surface area contributed by atoms with Gasteiger partial charge in [-0.25, -0.2) is 0 Å². The summed E-state index contributed by atoms with van der Waals surface area (Å²) in [7, 11) is -6.73. The first-order valence-corrected chi connectivity index (χ1v) is 19.9. The third-order valence-electron chi connectivity index (χ3n) is 2.79. The zero-order chi connectivity index (χ0) is 16.7. The fraction of sp³-hybridized carbons (Fsp3) is 1.00. The smallest absolute Gasteiger partial charge is 0.322 e. The molecule has 0 heterocycles. The van der Waals surface area contributed by atoms with Gasteiger partial charge in [0.25, 0.3) is 0 Å². The van der Waals surface area contributed by atoms with Gasteiger partial charge in [0.2, 0.25) is 0 Å². The van der Waals surface area contributed by atoms with Crippen molar-refractivity contribution >= 4 is 34.2 Å². The summed E-state index contributed by atoms with van der Waals surface area (Å²) in [6, 6.07) is 0.941. The molecule has 0 rings (SSSR count). The average Bonchev–Trinajstić information content (AvgIpc) is 2.23. The van der Waals surface area contributed by atoms with Crippen molar-refractivity contribution in [3.05, 3.63) is 0 Å². The molecule has 0 aromatic carbocycles. The van der Waals surface area contributed by atoms with Gasteiger partial charge in [-0.2, -0.15) is 0 Å². The number of aliphatic hydroxyl groups excluding tert-OH is 1. The SMILES string of the molecule is C.C.C.C.C.C.C[SiH](C)CO[Si](C)(C)O[Si](C)(CCCCO)O[Si](C)(C)C. The Morgan fingerprint density at radius 2 is 1.19 bits per heavy atom. The lowest BCUT2D eigenvalue weighted by atomic mass is 10.4. The van der Waals surface area contributed by atoms with Crippen LogP contribution in [0.5, 0.6) is 0 Å². The Balaban J connectivity index is -0.000000133. The van der Waals surface area contributed by atoms with Crippen molar-refractivity contribution in [3.63, 3.8) is 0 Å². The van der Waals surface area contributed by atoms with E-state index in [4.69, 9.17) is 17.8 Å². The third kappa shape index (κ3) is 26.7. The van der Waals surface area contributed by atoms with E-state index in [1.165, 1.54) is 0 Å². The van der Waals surface area contributed by atoms with E-state index in [0.29, 0.717) is 0 Å². The lowest BCUT2D eigenvalue weighted by molar-refractivity contribution is 0.257. The van der Waals surface area contributed by atoms with Crippen molar-refractivity contribution in [3.8, 4) is 0 Å². The Morgan fingerprint density at radius 1 is 0.741 bits per heavy atom. The van der Waals surface area contributed by atoms with Crippen LogP contribution in [0.25, 0.3) is 0 Å². The molecule has 27 heavy (non-hydrogen) atoms. The molecule has 0 saturated heterocycles. The van der Waals surface area contributed by atoms with Crippen LogP contribution in [0, 0.1) is 0 Å². The van der Waals surface area contributed by atoms with E-state index >= 15 is 0 Å². The van der Waals surface area contributed by atoms with Crippen LogP contribution in [0.3, 0.4) is 0 Å². The summed E-state index contributed by atoms with van der Waals surface area (Å²) in [6.07, 6.45) is 2.67. The van der Waals surface area contributed by atoms with Crippen LogP contribution >= 0.6 is 0 Å². The van der Waals surface area contributed by atoms with Crippen molar-refractivity contribution < 1.29 is 17.8 Å². The van der Waals surface area contributed by atoms with Crippen LogP contribution in [-0.4, -0.2) is 52.2 Å². The minimum Gasteiger partial charge on any atom is -0.437 e. The summed E-state index contributed by atoms with van der Waals surface area (Å²) in [5.41, 5.74) is 0. The van der Waals surface area contributed by atoms with Crippen LogP contribution in [0.15, 0.2) is 0 Å². The molecule has 0 fully saturated rings. The van der Waals surface area contributed by atoms with Gasteiger partial charge in [-0.3, -0.25) is 0 Å². The standard InChI is InChI=1S/C13H36O4Si4.6CH4/c1-18(2)13-15-20(6,7)17-21(8,12-10-9-11-14)16-19(3,4)5;;;;;;/h14,18H,9-13H2,1-8H3;6*1H4. The molecule has 0 aromatic heterocycles. The average molecular weight is 465 g/mol. The summed E-state index contributed by atoms with van der Waals surface area (Å²) < 4.78 is 19.1. The summed E-state index contributed by atoms with van der Waals surface area (Å²) in [6.45, 7) is 17.9. The summed E-state index contributed by atoms with van der Waals surface area (Å²) in [4.78, 5) is 0. The highest BCUT2D eigenvalue weighted by Crippen LogP contribution is 2.26. The fourth-order valence-corrected chi connectivity index (χ4v) is 17.0. The quantitative estimate of drug-likeness (QED) is 0.258. The van der Waals surface area contributed by atoms with Crippen LogP contribution in [0.1, 0.15) is 57.4 Å². The second-order valence-electron chi connectivity index (χ2n) is 7.74. The Labute approximate surface area is 180 Å². The molecule has 0 aromatic rings. The van der Waals surface area contributed by atoms with Gasteiger partial charge >= 0.3 is 17.1 Å². The van der Waals surface area contributed by atoms with E-state index in [1.54, 1.807) is 0 Å². The minimum atomic E-state index is -2.23. The molecule has 1 unspecified atom stereocenters. The van der Waals surface area contributed by atoms with Crippen LogP contribution < -0.4 is 0 Å². The largest absolute Gasteiger partial charge is 0.437 e. The number of aliphatic hydroxyl groups is 1. The highest BCUT2D eigenvalue weighted by Gasteiger charge is 2.42. The van der Waals surface area contributed by atoms with E-state index in [-0.39, 0.29) is 51.2 Å². The zero-order valence-electron chi connectivity index (χ0n) is 15.3. The van der Waals surface area contributed by atoms with Crippen LogP contribution in [0.2, 0.25) is 58.4 Å². The molecule has 0 aliphatic carbocycles. The second-order valence-corrected chi connectivity index (χ2v) is 22.6. The van der Waals surface area contributed by atoms with Crippen molar-refractivity contribution in [1.29, 1.82) is 0 Å². The van der Waals surface area contributed by atoms with Crippen molar-refractivity contribution in [2.45, 2.75) is 116 Å². The van der Waals surface area contributed by atoms with Crippen LogP contribution in [0.4, 0.5) is 0 Å². The Morgan fingerprint density at radius 3 is 1.52 bits per heavy atom. The molecule has 0 aliphatic rings.